The Balaban J connectivity index is 1.04. The molecular weight excluding hydrogens is 479 g/mol. The van der Waals surface area contributed by atoms with Gasteiger partial charge in [-0.05, 0) is 93.3 Å². The van der Waals surface area contributed by atoms with E-state index in [4.69, 9.17) is 27.6 Å². The van der Waals surface area contributed by atoms with Crippen molar-refractivity contribution in [3.8, 4) is 0 Å². The van der Waals surface area contributed by atoms with Gasteiger partial charge in [0.1, 0.15) is 5.58 Å². The number of rotatable bonds is 6. The number of furan rings is 1. The average molecular weight is 511 g/mol. The van der Waals surface area contributed by atoms with Crippen LogP contribution in [0.5, 0.6) is 0 Å². The highest BCUT2D eigenvalue weighted by Crippen LogP contribution is 2.35. The molecule has 0 bridgehead atoms. The molecule has 1 aliphatic carbocycles. The van der Waals surface area contributed by atoms with E-state index in [9.17, 15) is 4.79 Å². The number of piperidine rings is 1. The van der Waals surface area contributed by atoms with Gasteiger partial charge in [0.25, 0.3) is 0 Å². The maximum absolute atomic E-state index is 12.4. The third kappa shape index (κ3) is 6.11. The molecule has 0 unspecified atom stereocenters. The highest BCUT2D eigenvalue weighted by atomic mass is 35.5. The molecule has 6 heteroatoms. The number of benzene rings is 2. The van der Waals surface area contributed by atoms with Gasteiger partial charge in [0.15, 0.2) is 0 Å². The molecule has 2 aliphatic rings. The molecule has 5 rings (SSSR count). The van der Waals surface area contributed by atoms with Gasteiger partial charge < -0.3 is 14.6 Å². The van der Waals surface area contributed by atoms with Gasteiger partial charge in [-0.3, -0.25) is 4.79 Å². The summed E-state index contributed by atoms with van der Waals surface area (Å²) in [6, 6.07) is 14.0. The Kier molecular flexibility index (Phi) is 7.81. The molecule has 1 N–H and O–H groups in total. The zero-order valence-electron chi connectivity index (χ0n) is 19.9. The molecule has 4 nitrogen and oxygen atoms in total. The van der Waals surface area contributed by atoms with Crippen LogP contribution in [-0.4, -0.2) is 36.5 Å². The fourth-order valence-corrected chi connectivity index (χ4v) is 5.94. The van der Waals surface area contributed by atoms with Crippen LogP contribution in [0.4, 0.5) is 0 Å². The number of carbonyl (C=O) groups is 1. The van der Waals surface area contributed by atoms with Crippen LogP contribution in [0.1, 0.15) is 55.6 Å². The van der Waals surface area contributed by atoms with E-state index in [-0.39, 0.29) is 11.9 Å². The van der Waals surface area contributed by atoms with Crippen molar-refractivity contribution in [1.82, 2.24) is 10.2 Å². The minimum absolute atomic E-state index is 0.0478. The normalized spacial score (nSPS) is 22.1. The van der Waals surface area contributed by atoms with Gasteiger partial charge in [0, 0.05) is 29.6 Å². The van der Waals surface area contributed by atoms with Crippen molar-refractivity contribution in [2.24, 2.45) is 5.92 Å². The second kappa shape index (κ2) is 11.2. The molecule has 2 aromatic carbocycles. The highest BCUT2D eigenvalue weighted by Gasteiger charge is 2.27. The lowest BCUT2D eigenvalue weighted by Crippen LogP contribution is -2.41. The van der Waals surface area contributed by atoms with E-state index >= 15 is 0 Å². The Morgan fingerprint density at radius 2 is 1.77 bits per heavy atom. The van der Waals surface area contributed by atoms with E-state index in [1.807, 2.05) is 18.4 Å². The summed E-state index contributed by atoms with van der Waals surface area (Å²) in [5.74, 6) is 1.27. The fourth-order valence-electron chi connectivity index (χ4n) is 5.63. The lowest BCUT2D eigenvalue weighted by atomic mass is 9.84. The van der Waals surface area contributed by atoms with Crippen LogP contribution in [0.3, 0.4) is 0 Å². The number of hydrogen-bond acceptors (Lipinski definition) is 3. The summed E-state index contributed by atoms with van der Waals surface area (Å²) in [5.41, 5.74) is 3.24. The molecule has 2 heterocycles. The Morgan fingerprint density at radius 3 is 2.54 bits per heavy atom. The second-order valence-corrected chi connectivity index (χ2v) is 10.8. The summed E-state index contributed by atoms with van der Waals surface area (Å²) < 4.78 is 5.78. The molecule has 1 saturated heterocycles. The summed E-state index contributed by atoms with van der Waals surface area (Å²) in [6.07, 6.45) is 12.2. The number of halogens is 2. The van der Waals surface area contributed by atoms with Crippen molar-refractivity contribution in [3.05, 3.63) is 76.0 Å². The standard InChI is InChI=1S/C29H32Cl2N2O2/c30-26-11-7-20(17-27(26)31)8-12-29(34)32-23-9-5-21(6-10-23)18-33-15-13-22(14-16-33)25-19-35-28-4-2-1-3-24(25)28/h1-4,7-8,11-12,17,19,21-23H,5-6,9-10,13-16,18H2,(H,32,34)/b12-8+. The molecule has 2 fully saturated rings. The van der Waals surface area contributed by atoms with E-state index in [1.165, 1.54) is 43.2 Å². The zero-order valence-corrected chi connectivity index (χ0v) is 21.4. The van der Waals surface area contributed by atoms with Crippen LogP contribution in [0, 0.1) is 5.92 Å². The molecule has 35 heavy (non-hydrogen) atoms. The SMILES string of the molecule is O=C(/C=C/c1ccc(Cl)c(Cl)c1)NC1CCC(CN2CCC(c3coc4ccccc34)CC2)CC1. The summed E-state index contributed by atoms with van der Waals surface area (Å²) in [6.45, 7) is 3.48. The Hall–Kier alpha value is -2.27. The van der Waals surface area contributed by atoms with E-state index in [0.29, 0.717) is 16.0 Å². The molecular formula is C29H32Cl2N2O2. The van der Waals surface area contributed by atoms with Crippen molar-refractivity contribution in [1.29, 1.82) is 0 Å². The van der Waals surface area contributed by atoms with Gasteiger partial charge in [-0.25, -0.2) is 0 Å². The minimum atomic E-state index is -0.0478. The summed E-state index contributed by atoms with van der Waals surface area (Å²) in [4.78, 5) is 15.0. The van der Waals surface area contributed by atoms with E-state index < -0.39 is 0 Å². The first kappa shape index (κ1) is 24.4. The van der Waals surface area contributed by atoms with Crippen LogP contribution in [0.2, 0.25) is 10.0 Å². The molecule has 0 spiro atoms. The maximum atomic E-state index is 12.4. The van der Waals surface area contributed by atoms with Crippen molar-refractivity contribution >= 4 is 46.2 Å². The highest BCUT2D eigenvalue weighted by molar-refractivity contribution is 6.42. The van der Waals surface area contributed by atoms with Gasteiger partial charge in [0.05, 0.1) is 16.3 Å². The van der Waals surface area contributed by atoms with Gasteiger partial charge in [-0.2, -0.15) is 0 Å². The smallest absolute Gasteiger partial charge is 0.244 e. The van der Waals surface area contributed by atoms with Crippen LogP contribution in [0.25, 0.3) is 17.0 Å². The molecule has 1 amide bonds. The molecule has 184 valence electrons. The lowest BCUT2D eigenvalue weighted by Gasteiger charge is -2.36. The largest absolute Gasteiger partial charge is 0.464 e. The second-order valence-electron chi connectivity index (χ2n) is 10.00. The first-order valence-electron chi connectivity index (χ1n) is 12.7. The van der Waals surface area contributed by atoms with Crippen molar-refractivity contribution in [2.75, 3.05) is 19.6 Å². The van der Waals surface area contributed by atoms with Crippen molar-refractivity contribution < 1.29 is 9.21 Å². The lowest BCUT2D eigenvalue weighted by molar-refractivity contribution is -0.117. The van der Waals surface area contributed by atoms with E-state index in [0.717, 1.165) is 43.0 Å². The topological polar surface area (TPSA) is 45.5 Å². The molecule has 1 aliphatic heterocycles. The predicted molar refractivity (Wildman–Crippen MR) is 144 cm³/mol. The van der Waals surface area contributed by atoms with Crippen molar-refractivity contribution in [2.45, 2.75) is 50.5 Å². The first-order valence-corrected chi connectivity index (χ1v) is 13.4. The average Bonchev–Trinajstić information content (AvgIpc) is 3.31. The Labute approximate surface area is 217 Å². The predicted octanol–water partition coefficient (Wildman–Crippen LogP) is 7.31. The van der Waals surface area contributed by atoms with E-state index in [1.54, 1.807) is 24.3 Å². The van der Waals surface area contributed by atoms with Crippen LogP contribution >= 0.6 is 23.2 Å². The molecule has 1 saturated carbocycles. The molecule has 0 radical (unpaired) electrons. The fraction of sp³-hybridized carbons (Fsp3) is 0.414. The summed E-state index contributed by atoms with van der Waals surface area (Å²) in [5, 5.41) is 5.45. The van der Waals surface area contributed by atoms with Gasteiger partial charge >= 0.3 is 0 Å². The zero-order chi connectivity index (χ0) is 24.2. The third-order valence-corrected chi connectivity index (χ3v) is 8.36. The number of nitrogens with zero attached hydrogens (tertiary/aromatic N) is 1. The number of nitrogens with one attached hydrogen (secondary N) is 1. The number of fused-ring (bicyclic) bond motifs is 1. The van der Waals surface area contributed by atoms with Gasteiger partial charge in [0.2, 0.25) is 5.91 Å². The summed E-state index contributed by atoms with van der Waals surface area (Å²) in [7, 11) is 0. The third-order valence-electron chi connectivity index (χ3n) is 7.62. The van der Waals surface area contributed by atoms with Gasteiger partial charge in [-0.15, -0.1) is 0 Å². The quantitative estimate of drug-likeness (QED) is 0.353. The van der Waals surface area contributed by atoms with Gasteiger partial charge in [-0.1, -0.05) is 47.5 Å². The Bertz CT molecular complexity index is 1190. The maximum Gasteiger partial charge on any atom is 0.244 e. The number of para-hydroxylation sites is 1. The molecule has 1 aromatic heterocycles. The number of amides is 1. The first-order chi connectivity index (χ1) is 17.0. The summed E-state index contributed by atoms with van der Waals surface area (Å²) >= 11 is 12.0. The monoisotopic (exact) mass is 510 g/mol. The number of hydrogen-bond donors (Lipinski definition) is 1. The molecule has 3 aromatic rings. The van der Waals surface area contributed by atoms with Crippen LogP contribution in [0.15, 0.2) is 59.2 Å². The molecule has 0 atom stereocenters. The number of likely N-dealkylation sites (tertiary alicyclic amines) is 1. The van der Waals surface area contributed by atoms with Crippen molar-refractivity contribution in [3.63, 3.8) is 0 Å². The minimum Gasteiger partial charge on any atom is -0.464 e. The number of carbonyl (C=O) groups excluding carboxylic acids is 1. The Morgan fingerprint density at radius 1 is 1.00 bits per heavy atom. The van der Waals surface area contributed by atoms with Crippen LogP contribution < -0.4 is 5.32 Å². The van der Waals surface area contributed by atoms with Crippen LogP contribution in [-0.2, 0) is 4.79 Å². The van der Waals surface area contributed by atoms with E-state index in [2.05, 4.69) is 28.4 Å².